The minimum atomic E-state index is -0.486. The number of carbonyl (C=O) groups is 2. The Morgan fingerprint density at radius 1 is 1.20 bits per heavy atom. The van der Waals surface area contributed by atoms with Gasteiger partial charge in [-0.3, -0.25) is 9.59 Å². The van der Waals surface area contributed by atoms with Gasteiger partial charge in [-0.05, 0) is 42.0 Å². The van der Waals surface area contributed by atoms with Gasteiger partial charge in [0.1, 0.15) is 5.82 Å². The predicted octanol–water partition coefficient (Wildman–Crippen LogP) is 3.09. The van der Waals surface area contributed by atoms with Gasteiger partial charge in [0.15, 0.2) is 0 Å². The van der Waals surface area contributed by atoms with E-state index in [1.165, 1.54) is 29.2 Å². The van der Waals surface area contributed by atoms with Gasteiger partial charge in [0.25, 0.3) is 0 Å². The van der Waals surface area contributed by atoms with Gasteiger partial charge in [-0.25, -0.2) is 9.82 Å². The number of halogens is 2. The molecule has 3 rings (SSSR count). The highest BCUT2D eigenvalue weighted by Gasteiger charge is 2.35. The average molecular weight is 404 g/mol. The third kappa shape index (κ3) is 4.30. The van der Waals surface area contributed by atoms with Gasteiger partial charge in [-0.15, -0.1) is 0 Å². The molecule has 1 saturated heterocycles. The maximum atomic E-state index is 13.0. The molecular formula is C18H15BrFN3O2. The Kier molecular flexibility index (Phi) is 5.23. The number of hydrogen-bond acceptors (Lipinski definition) is 3. The maximum absolute atomic E-state index is 13.0. The molecule has 0 aliphatic carbocycles. The van der Waals surface area contributed by atoms with Crippen LogP contribution in [0.5, 0.6) is 0 Å². The molecule has 128 valence electrons. The Balaban J connectivity index is 1.59. The molecule has 1 aliphatic heterocycles. The lowest BCUT2D eigenvalue weighted by Gasteiger charge is -2.16. The summed E-state index contributed by atoms with van der Waals surface area (Å²) in [6.07, 6.45) is 1.65. The summed E-state index contributed by atoms with van der Waals surface area (Å²) in [4.78, 5) is 25.8. The summed E-state index contributed by atoms with van der Waals surface area (Å²) in [5.74, 6) is -1.33. The van der Waals surface area contributed by atoms with Gasteiger partial charge in [0.2, 0.25) is 11.8 Å². The number of carbonyl (C=O) groups excluding carboxylic acids is 2. The summed E-state index contributed by atoms with van der Waals surface area (Å²) in [5, 5.41) is 3.93. The van der Waals surface area contributed by atoms with Crippen molar-refractivity contribution in [1.82, 2.24) is 5.43 Å². The molecule has 0 aromatic heterocycles. The van der Waals surface area contributed by atoms with Crippen molar-refractivity contribution in [3.05, 3.63) is 64.4 Å². The van der Waals surface area contributed by atoms with Crippen molar-refractivity contribution >= 4 is 39.6 Å². The van der Waals surface area contributed by atoms with Crippen molar-refractivity contribution in [2.75, 3.05) is 11.4 Å². The second-order valence-corrected chi connectivity index (χ2v) is 6.58. The number of hydrogen-bond donors (Lipinski definition) is 1. The molecule has 0 bridgehead atoms. The molecule has 0 spiro atoms. The number of rotatable bonds is 4. The number of hydrazone groups is 1. The van der Waals surface area contributed by atoms with Gasteiger partial charge in [-0.2, -0.15) is 5.10 Å². The van der Waals surface area contributed by atoms with Crippen LogP contribution in [0.15, 0.2) is 58.1 Å². The molecule has 1 atom stereocenters. The van der Waals surface area contributed by atoms with Gasteiger partial charge < -0.3 is 4.90 Å². The smallest absolute Gasteiger partial charge is 0.245 e. The van der Waals surface area contributed by atoms with E-state index in [0.717, 1.165) is 10.0 Å². The summed E-state index contributed by atoms with van der Waals surface area (Å²) < 4.78 is 13.9. The molecule has 1 heterocycles. The average Bonchev–Trinajstić information content (AvgIpc) is 2.99. The van der Waals surface area contributed by atoms with E-state index in [1.54, 1.807) is 6.21 Å². The summed E-state index contributed by atoms with van der Waals surface area (Å²) in [6.45, 7) is 0.254. The van der Waals surface area contributed by atoms with E-state index < -0.39 is 5.92 Å². The topological polar surface area (TPSA) is 61.8 Å². The zero-order valence-electron chi connectivity index (χ0n) is 13.2. The van der Waals surface area contributed by atoms with Crippen LogP contribution in [0.1, 0.15) is 12.0 Å². The molecule has 25 heavy (non-hydrogen) atoms. The highest BCUT2D eigenvalue weighted by atomic mass is 79.9. The zero-order chi connectivity index (χ0) is 17.8. The third-order valence-corrected chi connectivity index (χ3v) is 4.42. The highest BCUT2D eigenvalue weighted by Crippen LogP contribution is 2.25. The standard InChI is InChI=1S/C18H15BrFN3O2/c19-14-3-1-12(2-4-14)10-21-22-18(25)13-9-17(24)23(11-13)16-7-5-15(20)6-8-16/h1-8,10,13H,9,11H2,(H,22,25)/t13-/m1/s1. The maximum Gasteiger partial charge on any atom is 0.245 e. The number of amides is 2. The van der Waals surface area contributed by atoms with Crippen LogP contribution in [0, 0.1) is 11.7 Å². The molecule has 0 radical (unpaired) electrons. The molecule has 1 N–H and O–H groups in total. The lowest BCUT2D eigenvalue weighted by Crippen LogP contribution is -2.30. The van der Waals surface area contributed by atoms with E-state index in [0.29, 0.717) is 5.69 Å². The molecule has 5 nitrogen and oxygen atoms in total. The van der Waals surface area contributed by atoms with Crippen molar-refractivity contribution in [2.45, 2.75) is 6.42 Å². The minimum absolute atomic E-state index is 0.108. The molecule has 1 aliphatic rings. The molecular weight excluding hydrogens is 389 g/mol. The third-order valence-electron chi connectivity index (χ3n) is 3.89. The Labute approximate surface area is 152 Å². The van der Waals surface area contributed by atoms with Gasteiger partial charge in [0.05, 0.1) is 12.1 Å². The fraction of sp³-hybridized carbons (Fsp3) is 0.167. The lowest BCUT2D eigenvalue weighted by atomic mass is 10.1. The van der Waals surface area contributed by atoms with E-state index in [-0.39, 0.29) is 30.6 Å². The predicted molar refractivity (Wildman–Crippen MR) is 96.7 cm³/mol. The number of nitrogens with zero attached hydrogens (tertiary/aromatic N) is 2. The van der Waals surface area contributed by atoms with Crippen molar-refractivity contribution in [3.8, 4) is 0 Å². The van der Waals surface area contributed by atoms with E-state index >= 15 is 0 Å². The highest BCUT2D eigenvalue weighted by molar-refractivity contribution is 9.10. The quantitative estimate of drug-likeness (QED) is 0.629. The number of anilines is 1. The van der Waals surface area contributed by atoms with Crippen LogP contribution in [0.3, 0.4) is 0 Å². The first-order chi connectivity index (χ1) is 12.0. The second-order valence-electron chi connectivity index (χ2n) is 5.67. The second kappa shape index (κ2) is 7.57. The summed E-state index contributed by atoms with van der Waals surface area (Å²) in [7, 11) is 0. The lowest BCUT2D eigenvalue weighted by molar-refractivity contribution is -0.126. The Morgan fingerprint density at radius 3 is 2.56 bits per heavy atom. The number of nitrogens with one attached hydrogen (secondary N) is 1. The van der Waals surface area contributed by atoms with E-state index in [1.807, 2.05) is 24.3 Å². The van der Waals surface area contributed by atoms with Crippen molar-refractivity contribution < 1.29 is 14.0 Å². The van der Waals surface area contributed by atoms with Crippen LogP contribution in [-0.4, -0.2) is 24.6 Å². The fourth-order valence-corrected chi connectivity index (χ4v) is 2.83. The van der Waals surface area contributed by atoms with Gasteiger partial charge in [-0.1, -0.05) is 28.1 Å². The van der Waals surface area contributed by atoms with Crippen LogP contribution in [0.2, 0.25) is 0 Å². The van der Waals surface area contributed by atoms with Gasteiger partial charge in [0, 0.05) is 23.1 Å². The van der Waals surface area contributed by atoms with Crippen LogP contribution in [0.25, 0.3) is 0 Å². The van der Waals surface area contributed by atoms with Gasteiger partial charge >= 0.3 is 0 Å². The SMILES string of the molecule is O=C(NN=Cc1ccc(Br)cc1)[C@@H]1CC(=O)N(c2ccc(F)cc2)C1. The van der Waals surface area contributed by atoms with E-state index in [9.17, 15) is 14.0 Å². The van der Waals surface area contributed by atoms with E-state index in [2.05, 4.69) is 26.5 Å². The Morgan fingerprint density at radius 2 is 1.88 bits per heavy atom. The molecule has 2 aromatic rings. The Hall–Kier alpha value is -2.54. The summed E-state index contributed by atoms with van der Waals surface area (Å²) >= 11 is 3.34. The first-order valence-electron chi connectivity index (χ1n) is 7.67. The summed E-state index contributed by atoms with van der Waals surface area (Å²) in [5.41, 5.74) is 3.90. The molecule has 2 amide bonds. The molecule has 0 unspecified atom stereocenters. The van der Waals surface area contributed by atoms with Crippen LogP contribution >= 0.6 is 15.9 Å². The Bertz CT molecular complexity index is 806. The molecule has 7 heteroatoms. The fourth-order valence-electron chi connectivity index (χ4n) is 2.56. The molecule has 0 saturated carbocycles. The van der Waals surface area contributed by atoms with E-state index in [4.69, 9.17) is 0 Å². The normalized spacial score (nSPS) is 17.3. The first kappa shape index (κ1) is 17.3. The monoisotopic (exact) mass is 403 g/mol. The van der Waals surface area contributed by atoms with Crippen molar-refractivity contribution in [1.29, 1.82) is 0 Å². The molecule has 2 aromatic carbocycles. The van der Waals surface area contributed by atoms with Crippen molar-refractivity contribution in [3.63, 3.8) is 0 Å². The summed E-state index contributed by atoms with van der Waals surface area (Å²) in [6, 6.07) is 13.1. The molecule has 1 fully saturated rings. The van der Waals surface area contributed by atoms with Crippen LogP contribution < -0.4 is 10.3 Å². The number of benzene rings is 2. The van der Waals surface area contributed by atoms with Crippen LogP contribution in [0.4, 0.5) is 10.1 Å². The zero-order valence-corrected chi connectivity index (χ0v) is 14.7. The first-order valence-corrected chi connectivity index (χ1v) is 8.46. The minimum Gasteiger partial charge on any atom is -0.312 e. The van der Waals surface area contributed by atoms with Crippen LogP contribution in [-0.2, 0) is 9.59 Å². The van der Waals surface area contributed by atoms with Crippen molar-refractivity contribution in [2.24, 2.45) is 11.0 Å². The largest absolute Gasteiger partial charge is 0.312 e.